The Morgan fingerprint density at radius 1 is 1.14 bits per heavy atom. The largest absolute Gasteiger partial charge is 0.496 e. The summed E-state index contributed by atoms with van der Waals surface area (Å²) < 4.78 is 24.5. The third-order valence-electron chi connectivity index (χ3n) is 5.49. The van der Waals surface area contributed by atoms with Crippen LogP contribution < -0.4 is 10.1 Å². The average Bonchev–Trinajstić information content (AvgIpc) is 2.69. The summed E-state index contributed by atoms with van der Waals surface area (Å²) in [5.41, 5.74) is 0.151. The molecule has 0 unspecified atom stereocenters. The molecule has 0 aromatic heterocycles. The first kappa shape index (κ1) is 24.9. The number of nitrogens with one attached hydrogen (secondary N) is 1. The number of carbonyl (C=O) groups is 1. The molecule has 1 amide bonds. The van der Waals surface area contributed by atoms with Gasteiger partial charge in [0, 0.05) is 45.4 Å². The van der Waals surface area contributed by atoms with Crippen molar-refractivity contribution in [1.82, 2.24) is 15.1 Å². The van der Waals surface area contributed by atoms with Crippen LogP contribution in [-0.2, 0) is 16.1 Å². The normalized spacial score (nSPS) is 19.3. The van der Waals surface area contributed by atoms with Crippen molar-refractivity contribution in [1.29, 1.82) is 0 Å². The predicted octanol–water partition coefficient (Wildman–Crippen LogP) is 2.09. The Hall–Kier alpha value is -1.12. The first-order chi connectivity index (χ1) is 12.6. The summed E-state index contributed by atoms with van der Waals surface area (Å²) >= 11 is 0. The first-order valence-corrected chi connectivity index (χ1v) is 9.18. The number of rotatable bonds is 5. The highest BCUT2D eigenvalue weighted by Gasteiger charge is 2.42. The molecule has 0 saturated carbocycles. The first-order valence-electron chi connectivity index (χ1n) is 9.18. The van der Waals surface area contributed by atoms with Gasteiger partial charge >= 0.3 is 0 Å². The smallest absolute Gasteiger partial charge is 0.254 e. The Morgan fingerprint density at radius 3 is 2.36 bits per heavy atom. The SMILES string of the molecule is COc1ccc(F)cc1CN1CCN(C(=O)C2(OC)CCNCC2)CC1.Cl.Cl. The molecular formula is C19H30Cl2FN3O3. The van der Waals surface area contributed by atoms with Gasteiger partial charge in [0.05, 0.1) is 7.11 Å². The van der Waals surface area contributed by atoms with E-state index in [1.165, 1.54) is 12.1 Å². The highest BCUT2D eigenvalue weighted by molar-refractivity contribution is 5.86. The maximum atomic E-state index is 13.5. The number of benzene rings is 1. The molecule has 0 atom stereocenters. The van der Waals surface area contributed by atoms with E-state index in [9.17, 15) is 9.18 Å². The molecule has 2 saturated heterocycles. The highest BCUT2D eigenvalue weighted by Crippen LogP contribution is 2.26. The standard InChI is InChI=1S/C19H28FN3O3.2ClH/c1-25-17-4-3-16(20)13-15(17)14-22-9-11-23(12-10-22)18(24)19(26-2)5-7-21-8-6-19;;/h3-4,13,21H,5-12,14H2,1-2H3;2*1H. The fraction of sp³-hybridized carbons (Fsp3) is 0.632. The third kappa shape index (κ3) is 5.48. The van der Waals surface area contributed by atoms with Gasteiger partial charge in [-0.15, -0.1) is 24.8 Å². The molecule has 0 bridgehead atoms. The van der Waals surface area contributed by atoms with E-state index in [4.69, 9.17) is 9.47 Å². The Balaban J connectivity index is 0.00000196. The van der Waals surface area contributed by atoms with Crippen LogP contribution >= 0.6 is 24.8 Å². The molecule has 0 aliphatic carbocycles. The number of hydrogen-bond donors (Lipinski definition) is 1. The van der Waals surface area contributed by atoms with Crippen LogP contribution in [0.4, 0.5) is 4.39 Å². The van der Waals surface area contributed by atoms with E-state index in [0.29, 0.717) is 38.2 Å². The zero-order chi connectivity index (χ0) is 18.6. The van der Waals surface area contributed by atoms with Gasteiger partial charge in [-0.05, 0) is 44.1 Å². The topological polar surface area (TPSA) is 54.0 Å². The highest BCUT2D eigenvalue weighted by atomic mass is 35.5. The molecular weight excluding hydrogens is 408 g/mol. The minimum absolute atomic E-state index is 0. The molecule has 1 aromatic carbocycles. The lowest BCUT2D eigenvalue weighted by atomic mass is 9.90. The van der Waals surface area contributed by atoms with E-state index >= 15 is 0 Å². The number of carbonyl (C=O) groups excluding carboxylic acids is 1. The lowest BCUT2D eigenvalue weighted by Gasteiger charge is -2.42. The maximum Gasteiger partial charge on any atom is 0.254 e. The van der Waals surface area contributed by atoms with Gasteiger partial charge in [0.1, 0.15) is 17.2 Å². The van der Waals surface area contributed by atoms with Crippen LogP contribution in [0.5, 0.6) is 5.75 Å². The van der Waals surface area contributed by atoms with E-state index in [1.807, 2.05) is 4.90 Å². The number of amides is 1. The molecule has 2 heterocycles. The van der Waals surface area contributed by atoms with Gasteiger partial charge in [0.15, 0.2) is 0 Å². The van der Waals surface area contributed by atoms with Crippen molar-refractivity contribution in [2.75, 3.05) is 53.5 Å². The van der Waals surface area contributed by atoms with E-state index in [0.717, 1.165) is 31.7 Å². The van der Waals surface area contributed by atoms with Crippen molar-refractivity contribution in [2.24, 2.45) is 0 Å². The van der Waals surface area contributed by atoms with Gasteiger partial charge in [-0.1, -0.05) is 0 Å². The monoisotopic (exact) mass is 437 g/mol. The zero-order valence-electron chi connectivity index (χ0n) is 16.4. The second-order valence-corrected chi connectivity index (χ2v) is 6.97. The number of piperidine rings is 1. The molecule has 2 fully saturated rings. The molecule has 0 spiro atoms. The number of halogens is 3. The molecule has 0 radical (unpaired) electrons. The van der Waals surface area contributed by atoms with Crippen molar-refractivity contribution in [3.63, 3.8) is 0 Å². The Kier molecular flexibility index (Phi) is 9.94. The Morgan fingerprint density at radius 2 is 1.79 bits per heavy atom. The molecule has 28 heavy (non-hydrogen) atoms. The van der Waals surface area contributed by atoms with Gasteiger partial charge in [-0.3, -0.25) is 9.69 Å². The summed E-state index contributed by atoms with van der Waals surface area (Å²) in [6.07, 6.45) is 1.42. The van der Waals surface area contributed by atoms with Crippen LogP contribution in [0.25, 0.3) is 0 Å². The summed E-state index contributed by atoms with van der Waals surface area (Å²) in [6.45, 7) is 5.05. The molecule has 3 rings (SSSR count). The van der Waals surface area contributed by atoms with Gasteiger partial charge in [-0.25, -0.2) is 4.39 Å². The molecule has 2 aliphatic heterocycles. The predicted molar refractivity (Wildman–Crippen MR) is 111 cm³/mol. The Bertz CT molecular complexity index is 637. The quantitative estimate of drug-likeness (QED) is 0.763. The summed E-state index contributed by atoms with van der Waals surface area (Å²) in [7, 11) is 3.23. The molecule has 2 aliphatic rings. The van der Waals surface area contributed by atoms with E-state index < -0.39 is 5.60 Å². The fourth-order valence-electron chi connectivity index (χ4n) is 3.84. The van der Waals surface area contributed by atoms with Crippen molar-refractivity contribution in [3.8, 4) is 5.75 Å². The minimum atomic E-state index is -0.681. The van der Waals surface area contributed by atoms with Crippen LogP contribution in [0, 0.1) is 5.82 Å². The number of hydrogen-bond acceptors (Lipinski definition) is 5. The van der Waals surface area contributed by atoms with E-state index in [2.05, 4.69) is 10.2 Å². The van der Waals surface area contributed by atoms with Crippen LogP contribution in [0.15, 0.2) is 18.2 Å². The van der Waals surface area contributed by atoms with Gasteiger partial charge < -0.3 is 19.7 Å². The van der Waals surface area contributed by atoms with Gasteiger partial charge in [0.2, 0.25) is 0 Å². The number of nitrogens with zero attached hydrogens (tertiary/aromatic N) is 2. The van der Waals surface area contributed by atoms with Gasteiger partial charge in [0.25, 0.3) is 5.91 Å². The second kappa shape index (κ2) is 11.2. The fourth-order valence-corrected chi connectivity index (χ4v) is 3.84. The van der Waals surface area contributed by atoms with Crippen molar-refractivity contribution in [2.45, 2.75) is 25.0 Å². The van der Waals surface area contributed by atoms with Crippen molar-refractivity contribution in [3.05, 3.63) is 29.6 Å². The lowest BCUT2D eigenvalue weighted by molar-refractivity contribution is -0.160. The number of piperazine rings is 1. The lowest BCUT2D eigenvalue weighted by Crippen LogP contribution is -2.59. The van der Waals surface area contributed by atoms with Crippen LogP contribution in [0.2, 0.25) is 0 Å². The van der Waals surface area contributed by atoms with E-state index in [-0.39, 0.29) is 36.5 Å². The zero-order valence-corrected chi connectivity index (χ0v) is 18.0. The summed E-state index contributed by atoms with van der Waals surface area (Å²) in [6, 6.07) is 4.58. The maximum absolute atomic E-state index is 13.5. The van der Waals surface area contributed by atoms with Crippen LogP contribution in [-0.4, -0.2) is 74.8 Å². The van der Waals surface area contributed by atoms with Gasteiger partial charge in [-0.2, -0.15) is 0 Å². The average molecular weight is 438 g/mol. The molecule has 1 aromatic rings. The van der Waals surface area contributed by atoms with Crippen molar-refractivity contribution < 1.29 is 18.7 Å². The summed E-state index contributed by atoms with van der Waals surface area (Å²) in [5, 5.41) is 3.28. The van der Waals surface area contributed by atoms with Crippen LogP contribution in [0.3, 0.4) is 0 Å². The second-order valence-electron chi connectivity index (χ2n) is 6.97. The third-order valence-corrected chi connectivity index (χ3v) is 5.49. The van der Waals surface area contributed by atoms with E-state index in [1.54, 1.807) is 20.3 Å². The van der Waals surface area contributed by atoms with Crippen LogP contribution in [0.1, 0.15) is 18.4 Å². The molecule has 1 N–H and O–H groups in total. The molecule has 160 valence electrons. The summed E-state index contributed by atoms with van der Waals surface area (Å²) in [5.74, 6) is 0.532. The van der Waals surface area contributed by atoms with Crippen molar-refractivity contribution >= 4 is 30.7 Å². The number of ether oxygens (including phenoxy) is 2. The molecule has 9 heteroatoms. The summed E-state index contributed by atoms with van der Waals surface area (Å²) in [4.78, 5) is 17.1. The Labute approximate surface area is 178 Å². The number of methoxy groups -OCH3 is 2. The minimum Gasteiger partial charge on any atom is -0.496 e. The molecule has 6 nitrogen and oxygen atoms in total.